The molecule has 0 bridgehead atoms. The molecule has 0 fully saturated rings. The van der Waals surface area contributed by atoms with Crippen LogP contribution in [0.5, 0.6) is 11.5 Å². The van der Waals surface area contributed by atoms with Crippen molar-refractivity contribution < 1.29 is 19.0 Å². The van der Waals surface area contributed by atoms with Crippen LogP contribution in [0, 0.1) is 0 Å². The van der Waals surface area contributed by atoms with Crippen LogP contribution in [0.25, 0.3) is 0 Å². The number of rotatable bonds is 9. The second-order valence-electron chi connectivity index (χ2n) is 6.54. The Morgan fingerprint density at radius 2 is 1.73 bits per heavy atom. The number of carbonyl (C=O) groups is 1. The van der Waals surface area contributed by atoms with E-state index in [1.54, 1.807) is 43.5 Å². The Morgan fingerprint density at radius 3 is 2.43 bits per heavy atom. The minimum absolute atomic E-state index is 0.247. The normalized spacial score (nSPS) is 10.5. The molecular formula is C24H24ClNO4. The van der Waals surface area contributed by atoms with Gasteiger partial charge in [0.2, 0.25) is 0 Å². The number of benzene rings is 3. The lowest BCUT2D eigenvalue weighted by Gasteiger charge is -2.13. The lowest BCUT2D eigenvalue weighted by Crippen LogP contribution is -2.13. The van der Waals surface area contributed by atoms with Crippen molar-refractivity contribution in [3.8, 4) is 11.5 Å². The van der Waals surface area contributed by atoms with E-state index in [4.69, 9.17) is 25.8 Å². The van der Waals surface area contributed by atoms with Gasteiger partial charge in [-0.2, -0.15) is 0 Å². The van der Waals surface area contributed by atoms with Crippen molar-refractivity contribution in [3.05, 3.63) is 88.4 Å². The summed E-state index contributed by atoms with van der Waals surface area (Å²) in [5.74, 6) is 1.01. The number of nitrogens with one attached hydrogen (secondary N) is 1. The molecule has 3 rings (SSSR count). The second kappa shape index (κ2) is 10.7. The van der Waals surface area contributed by atoms with Gasteiger partial charge in [-0.25, -0.2) is 0 Å². The molecule has 6 heteroatoms. The highest BCUT2D eigenvalue weighted by Crippen LogP contribution is 2.28. The number of hydrogen-bond donors (Lipinski definition) is 1. The van der Waals surface area contributed by atoms with E-state index in [9.17, 15) is 4.79 Å². The first-order chi connectivity index (χ1) is 14.6. The molecular weight excluding hydrogens is 402 g/mol. The van der Waals surface area contributed by atoms with Gasteiger partial charge in [-0.05, 0) is 48.9 Å². The van der Waals surface area contributed by atoms with E-state index in [1.807, 2.05) is 37.3 Å². The maximum atomic E-state index is 12.7. The predicted molar refractivity (Wildman–Crippen MR) is 119 cm³/mol. The van der Waals surface area contributed by atoms with Crippen LogP contribution >= 0.6 is 11.6 Å². The van der Waals surface area contributed by atoms with E-state index >= 15 is 0 Å². The topological polar surface area (TPSA) is 56.8 Å². The quantitative estimate of drug-likeness (QED) is 0.476. The van der Waals surface area contributed by atoms with E-state index in [2.05, 4.69) is 5.32 Å². The summed E-state index contributed by atoms with van der Waals surface area (Å²) >= 11 is 6.14. The molecule has 5 nitrogen and oxygen atoms in total. The minimum atomic E-state index is -0.247. The molecule has 0 spiro atoms. The first-order valence-corrected chi connectivity index (χ1v) is 10.0. The average Bonchev–Trinajstić information content (AvgIpc) is 2.76. The van der Waals surface area contributed by atoms with Crippen molar-refractivity contribution in [2.45, 2.75) is 20.1 Å². The Bertz CT molecular complexity index is 992. The molecule has 0 atom stereocenters. The zero-order valence-corrected chi connectivity index (χ0v) is 17.7. The van der Waals surface area contributed by atoms with Gasteiger partial charge in [0.15, 0.2) is 0 Å². The van der Waals surface area contributed by atoms with Crippen LogP contribution in [0.4, 0.5) is 5.69 Å². The fourth-order valence-electron chi connectivity index (χ4n) is 2.93. The first-order valence-electron chi connectivity index (χ1n) is 9.63. The van der Waals surface area contributed by atoms with Crippen molar-refractivity contribution in [1.82, 2.24) is 0 Å². The second-order valence-corrected chi connectivity index (χ2v) is 6.94. The number of halogens is 1. The van der Waals surface area contributed by atoms with E-state index in [1.165, 1.54) is 0 Å². The van der Waals surface area contributed by atoms with Gasteiger partial charge < -0.3 is 19.5 Å². The maximum absolute atomic E-state index is 12.7. The molecule has 0 unspecified atom stereocenters. The average molecular weight is 426 g/mol. The molecule has 156 valence electrons. The van der Waals surface area contributed by atoms with Crippen molar-refractivity contribution in [3.63, 3.8) is 0 Å². The van der Waals surface area contributed by atoms with Crippen LogP contribution in [0.1, 0.15) is 28.4 Å². The molecule has 0 aliphatic rings. The molecule has 0 radical (unpaired) electrons. The third-order valence-corrected chi connectivity index (χ3v) is 4.70. The highest BCUT2D eigenvalue weighted by Gasteiger charge is 2.12. The molecule has 3 aromatic rings. The Kier molecular flexibility index (Phi) is 7.71. The van der Waals surface area contributed by atoms with Gasteiger partial charge in [-0.3, -0.25) is 4.79 Å². The molecule has 1 N–H and O–H groups in total. The lowest BCUT2D eigenvalue weighted by molar-refractivity contribution is 0.101. The van der Waals surface area contributed by atoms with Gasteiger partial charge in [-0.15, -0.1) is 0 Å². The zero-order valence-electron chi connectivity index (χ0n) is 17.0. The fraction of sp³-hybridized carbons (Fsp3) is 0.208. The summed E-state index contributed by atoms with van der Waals surface area (Å²) in [6, 6.07) is 20.3. The van der Waals surface area contributed by atoms with Gasteiger partial charge in [0.25, 0.3) is 5.91 Å². The number of ether oxygens (including phenoxy) is 3. The fourth-order valence-corrected chi connectivity index (χ4v) is 3.19. The molecule has 0 saturated carbocycles. The smallest absolute Gasteiger partial charge is 0.255 e. The summed E-state index contributed by atoms with van der Waals surface area (Å²) in [4.78, 5) is 12.7. The molecule has 0 heterocycles. The van der Waals surface area contributed by atoms with E-state index in [0.717, 1.165) is 11.1 Å². The van der Waals surface area contributed by atoms with E-state index < -0.39 is 0 Å². The number of hydrogen-bond acceptors (Lipinski definition) is 4. The summed E-state index contributed by atoms with van der Waals surface area (Å²) < 4.78 is 16.7. The first kappa shape index (κ1) is 21.7. The molecule has 0 aliphatic heterocycles. The molecule has 0 saturated heterocycles. The SMILES string of the molecule is CCOc1ccc(C(=O)Nc2ccc(OC)c(Cl)c2)cc1COCc1ccccc1. The third kappa shape index (κ3) is 5.75. The summed E-state index contributed by atoms with van der Waals surface area (Å²) in [6.07, 6.45) is 0. The number of methoxy groups -OCH3 is 1. The Morgan fingerprint density at radius 1 is 0.967 bits per heavy atom. The van der Waals surface area contributed by atoms with Crippen molar-refractivity contribution in [2.24, 2.45) is 0 Å². The van der Waals surface area contributed by atoms with Crippen LogP contribution < -0.4 is 14.8 Å². The Labute approximate surface area is 181 Å². The lowest BCUT2D eigenvalue weighted by atomic mass is 10.1. The third-order valence-electron chi connectivity index (χ3n) is 4.40. The Hall–Kier alpha value is -3.02. The summed E-state index contributed by atoms with van der Waals surface area (Å²) in [7, 11) is 1.54. The van der Waals surface area contributed by atoms with Crippen LogP contribution in [0.15, 0.2) is 66.7 Å². The largest absolute Gasteiger partial charge is 0.495 e. The van der Waals surface area contributed by atoms with Gasteiger partial charge in [-0.1, -0.05) is 41.9 Å². The van der Waals surface area contributed by atoms with Crippen LogP contribution in [-0.4, -0.2) is 19.6 Å². The number of anilines is 1. The van der Waals surface area contributed by atoms with Gasteiger partial charge in [0.1, 0.15) is 11.5 Å². The monoisotopic (exact) mass is 425 g/mol. The van der Waals surface area contributed by atoms with Gasteiger partial charge in [0.05, 0.1) is 32.0 Å². The van der Waals surface area contributed by atoms with Crippen molar-refractivity contribution >= 4 is 23.2 Å². The highest BCUT2D eigenvalue weighted by molar-refractivity contribution is 6.32. The van der Waals surface area contributed by atoms with Crippen molar-refractivity contribution in [2.75, 3.05) is 19.0 Å². The highest BCUT2D eigenvalue weighted by atomic mass is 35.5. The van der Waals surface area contributed by atoms with E-state index in [0.29, 0.717) is 47.6 Å². The van der Waals surface area contributed by atoms with Gasteiger partial charge in [0, 0.05) is 16.8 Å². The minimum Gasteiger partial charge on any atom is -0.495 e. The molecule has 0 aliphatic carbocycles. The Balaban J connectivity index is 1.72. The summed E-state index contributed by atoms with van der Waals surface area (Å²) in [5, 5.41) is 3.28. The molecule has 0 aromatic heterocycles. The van der Waals surface area contributed by atoms with Crippen LogP contribution in [0.2, 0.25) is 5.02 Å². The van der Waals surface area contributed by atoms with E-state index in [-0.39, 0.29) is 5.91 Å². The van der Waals surface area contributed by atoms with Gasteiger partial charge >= 0.3 is 0 Å². The summed E-state index contributed by atoms with van der Waals surface area (Å²) in [6.45, 7) is 3.26. The summed E-state index contributed by atoms with van der Waals surface area (Å²) in [5.41, 5.74) is 2.99. The predicted octanol–water partition coefficient (Wildman–Crippen LogP) is 5.72. The maximum Gasteiger partial charge on any atom is 0.255 e. The van der Waals surface area contributed by atoms with Crippen molar-refractivity contribution in [1.29, 1.82) is 0 Å². The molecule has 30 heavy (non-hydrogen) atoms. The standard InChI is InChI=1S/C24H24ClNO4/c1-3-30-22-11-9-18(13-19(22)16-29-15-17-7-5-4-6-8-17)24(27)26-20-10-12-23(28-2)21(25)14-20/h4-14H,3,15-16H2,1-2H3,(H,26,27). The molecule has 1 amide bonds. The van der Waals surface area contributed by atoms with Crippen LogP contribution in [-0.2, 0) is 18.0 Å². The zero-order chi connectivity index (χ0) is 21.3. The number of carbonyl (C=O) groups excluding carboxylic acids is 1. The molecule has 3 aromatic carbocycles. The van der Waals surface area contributed by atoms with Crippen LogP contribution in [0.3, 0.4) is 0 Å². The number of amides is 1.